The molecule has 0 N–H and O–H groups in total. The highest BCUT2D eigenvalue weighted by molar-refractivity contribution is 9.10. The first kappa shape index (κ1) is 13.4. The maximum absolute atomic E-state index is 11.7. The fourth-order valence-electron chi connectivity index (χ4n) is 1.75. The van der Waals surface area contributed by atoms with E-state index < -0.39 is 0 Å². The second kappa shape index (κ2) is 5.72. The van der Waals surface area contributed by atoms with E-state index in [4.69, 9.17) is 10.00 Å². The summed E-state index contributed by atoms with van der Waals surface area (Å²) >= 11 is 3.33. The van der Waals surface area contributed by atoms with Crippen LogP contribution >= 0.6 is 15.9 Å². The summed E-state index contributed by atoms with van der Waals surface area (Å²) in [4.78, 5) is 11.7. The Morgan fingerprint density at radius 3 is 2.84 bits per heavy atom. The van der Waals surface area contributed by atoms with Crippen molar-refractivity contribution in [3.63, 3.8) is 0 Å². The van der Waals surface area contributed by atoms with Crippen LogP contribution in [0.3, 0.4) is 0 Å². The van der Waals surface area contributed by atoms with Crippen molar-refractivity contribution in [2.75, 3.05) is 7.11 Å². The number of hydrogen-bond acceptors (Lipinski definition) is 3. The van der Waals surface area contributed by atoms with Gasteiger partial charge in [-0.25, -0.2) is 0 Å². The standard InChI is InChI=1S/C14H11BrN2O2/c1-19-13-6-10(2-3-11(13)7-16)8-17-9-12(15)4-5-14(17)18/h2-6,9H,8H2,1H3. The molecule has 0 atom stereocenters. The number of pyridine rings is 1. The maximum atomic E-state index is 11.7. The van der Waals surface area contributed by atoms with E-state index in [0.717, 1.165) is 10.0 Å². The minimum atomic E-state index is -0.0773. The maximum Gasteiger partial charge on any atom is 0.250 e. The predicted molar refractivity (Wildman–Crippen MR) is 75.2 cm³/mol. The molecule has 0 saturated heterocycles. The van der Waals surface area contributed by atoms with Crippen molar-refractivity contribution in [3.8, 4) is 11.8 Å². The Morgan fingerprint density at radius 2 is 2.16 bits per heavy atom. The summed E-state index contributed by atoms with van der Waals surface area (Å²) in [7, 11) is 1.52. The highest BCUT2D eigenvalue weighted by atomic mass is 79.9. The molecular formula is C14H11BrN2O2. The molecule has 19 heavy (non-hydrogen) atoms. The molecule has 1 aromatic carbocycles. The summed E-state index contributed by atoms with van der Waals surface area (Å²) in [6.07, 6.45) is 1.73. The first-order valence-corrected chi connectivity index (χ1v) is 6.36. The highest BCUT2D eigenvalue weighted by Gasteiger charge is 2.05. The molecule has 96 valence electrons. The molecule has 5 heteroatoms. The number of nitriles is 1. The number of aromatic nitrogens is 1. The van der Waals surface area contributed by atoms with Gasteiger partial charge in [-0.15, -0.1) is 0 Å². The number of nitrogens with zero attached hydrogens (tertiary/aromatic N) is 2. The van der Waals surface area contributed by atoms with Gasteiger partial charge in [0.15, 0.2) is 0 Å². The molecule has 1 aromatic heterocycles. The van der Waals surface area contributed by atoms with Gasteiger partial charge >= 0.3 is 0 Å². The first-order valence-electron chi connectivity index (χ1n) is 5.57. The van der Waals surface area contributed by atoms with Crippen LogP contribution in [0.25, 0.3) is 0 Å². The molecule has 2 rings (SSSR count). The normalized spacial score (nSPS) is 9.95. The van der Waals surface area contributed by atoms with E-state index in [2.05, 4.69) is 22.0 Å². The van der Waals surface area contributed by atoms with Gasteiger partial charge in [-0.1, -0.05) is 6.07 Å². The highest BCUT2D eigenvalue weighted by Crippen LogP contribution is 2.19. The van der Waals surface area contributed by atoms with Gasteiger partial charge < -0.3 is 9.30 Å². The fraction of sp³-hybridized carbons (Fsp3) is 0.143. The van der Waals surface area contributed by atoms with Crippen molar-refractivity contribution in [1.82, 2.24) is 4.57 Å². The Hall–Kier alpha value is -2.06. The van der Waals surface area contributed by atoms with Gasteiger partial charge in [-0.2, -0.15) is 5.26 Å². The number of hydrogen-bond donors (Lipinski definition) is 0. The molecule has 0 unspecified atom stereocenters. The van der Waals surface area contributed by atoms with Crippen LogP contribution in [0.4, 0.5) is 0 Å². The van der Waals surface area contributed by atoms with Crippen LogP contribution in [0.1, 0.15) is 11.1 Å². The fourth-order valence-corrected chi connectivity index (χ4v) is 2.13. The number of rotatable bonds is 3. The summed E-state index contributed by atoms with van der Waals surface area (Å²) in [6.45, 7) is 0.431. The van der Waals surface area contributed by atoms with Crippen molar-refractivity contribution in [2.24, 2.45) is 0 Å². The molecule has 4 nitrogen and oxygen atoms in total. The molecule has 2 aromatic rings. The molecule has 0 aliphatic rings. The monoisotopic (exact) mass is 318 g/mol. The molecule has 0 bridgehead atoms. The van der Waals surface area contributed by atoms with E-state index in [0.29, 0.717) is 17.9 Å². The van der Waals surface area contributed by atoms with Gasteiger partial charge in [-0.3, -0.25) is 4.79 Å². The molecule has 0 saturated carbocycles. The van der Waals surface area contributed by atoms with Gasteiger partial charge in [-0.05, 0) is 39.7 Å². The van der Waals surface area contributed by atoms with Crippen LogP contribution in [0, 0.1) is 11.3 Å². The van der Waals surface area contributed by atoms with Crippen molar-refractivity contribution >= 4 is 15.9 Å². The van der Waals surface area contributed by atoms with E-state index in [1.807, 2.05) is 6.07 Å². The van der Waals surface area contributed by atoms with Crippen LogP contribution in [0.5, 0.6) is 5.75 Å². The van der Waals surface area contributed by atoms with Crippen LogP contribution < -0.4 is 10.3 Å². The van der Waals surface area contributed by atoms with Gasteiger partial charge in [0.25, 0.3) is 5.56 Å². The van der Waals surface area contributed by atoms with Crippen LogP contribution in [-0.2, 0) is 6.54 Å². The van der Waals surface area contributed by atoms with Gasteiger partial charge in [0.05, 0.1) is 19.2 Å². The first-order chi connectivity index (χ1) is 9.13. The van der Waals surface area contributed by atoms with E-state index in [1.165, 1.54) is 13.2 Å². The van der Waals surface area contributed by atoms with E-state index in [1.54, 1.807) is 29.0 Å². The lowest BCUT2D eigenvalue weighted by atomic mass is 10.1. The Morgan fingerprint density at radius 1 is 1.37 bits per heavy atom. The minimum Gasteiger partial charge on any atom is -0.495 e. The summed E-state index contributed by atoms with van der Waals surface area (Å²) in [5.41, 5.74) is 1.30. The van der Waals surface area contributed by atoms with Crippen LogP contribution in [-0.4, -0.2) is 11.7 Å². The average molecular weight is 319 g/mol. The van der Waals surface area contributed by atoms with Crippen molar-refractivity contribution in [3.05, 3.63) is 62.5 Å². The van der Waals surface area contributed by atoms with Gasteiger partial charge in [0.2, 0.25) is 0 Å². The Balaban J connectivity index is 2.36. The Kier molecular flexibility index (Phi) is 4.03. The van der Waals surface area contributed by atoms with E-state index >= 15 is 0 Å². The van der Waals surface area contributed by atoms with E-state index in [9.17, 15) is 4.79 Å². The van der Waals surface area contributed by atoms with Gasteiger partial charge in [0, 0.05) is 16.7 Å². The molecular weight excluding hydrogens is 308 g/mol. The molecule has 0 amide bonds. The lowest BCUT2D eigenvalue weighted by Crippen LogP contribution is -2.18. The smallest absolute Gasteiger partial charge is 0.250 e. The summed E-state index contributed by atoms with van der Waals surface area (Å²) in [5, 5.41) is 8.92. The largest absolute Gasteiger partial charge is 0.495 e. The lowest BCUT2D eigenvalue weighted by molar-refractivity contribution is 0.413. The number of benzene rings is 1. The second-order valence-electron chi connectivity index (χ2n) is 3.96. The SMILES string of the molecule is COc1cc(Cn2cc(Br)ccc2=O)ccc1C#N. The molecule has 0 aliphatic heterocycles. The second-order valence-corrected chi connectivity index (χ2v) is 4.88. The lowest BCUT2D eigenvalue weighted by Gasteiger charge is -2.08. The Labute approximate surface area is 119 Å². The number of ether oxygens (including phenoxy) is 1. The quantitative estimate of drug-likeness (QED) is 0.873. The van der Waals surface area contributed by atoms with Crippen molar-refractivity contribution in [2.45, 2.75) is 6.54 Å². The summed E-state index contributed by atoms with van der Waals surface area (Å²) in [6, 6.07) is 10.5. The zero-order valence-corrected chi connectivity index (χ0v) is 11.8. The van der Waals surface area contributed by atoms with Crippen LogP contribution in [0.2, 0.25) is 0 Å². The van der Waals surface area contributed by atoms with Crippen molar-refractivity contribution < 1.29 is 4.74 Å². The van der Waals surface area contributed by atoms with Gasteiger partial charge in [0.1, 0.15) is 11.8 Å². The van der Waals surface area contributed by atoms with Crippen LogP contribution in [0.15, 0.2) is 45.8 Å². The summed E-state index contributed by atoms with van der Waals surface area (Å²) < 4.78 is 7.58. The molecule has 1 heterocycles. The number of halogens is 1. The third-order valence-electron chi connectivity index (χ3n) is 2.69. The van der Waals surface area contributed by atoms with Crippen molar-refractivity contribution in [1.29, 1.82) is 5.26 Å². The predicted octanol–water partition coefficient (Wildman–Crippen LogP) is 2.54. The van der Waals surface area contributed by atoms with E-state index in [-0.39, 0.29) is 5.56 Å². The molecule has 0 aliphatic carbocycles. The number of methoxy groups -OCH3 is 1. The zero-order chi connectivity index (χ0) is 13.8. The molecule has 0 fully saturated rings. The average Bonchev–Trinajstić information content (AvgIpc) is 2.42. The third kappa shape index (κ3) is 3.04. The topological polar surface area (TPSA) is 55.0 Å². The Bertz CT molecular complexity index is 701. The molecule has 0 radical (unpaired) electrons. The third-order valence-corrected chi connectivity index (χ3v) is 3.16. The molecule has 0 spiro atoms. The summed E-state index contributed by atoms with van der Waals surface area (Å²) in [5.74, 6) is 0.517. The minimum absolute atomic E-state index is 0.0773. The zero-order valence-electron chi connectivity index (χ0n) is 10.3.